The van der Waals surface area contributed by atoms with Crippen molar-refractivity contribution in [2.24, 2.45) is 0 Å². The molecule has 0 radical (unpaired) electrons. The Hall–Kier alpha value is -3.33. The first-order valence-corrected chi connectivity index (χ1v) is 9.51. The zero-order valence-electron chi connectivity index (χ0n) is 16.1. The molecule has 0 aliphatic carbocycles. The van der Waals surface area contributed by atoms with Crippen LogP contribution in [0.4, 0.5) is 10.2 Å². The normalized spacial score (nSPS) is 17.4. The molecular formula is C20H20FN7O. The summed E-state index contributed by atoms with van der Waals surface area (Å²) in [6.07, 6.45) is 5.21. The Balaban J connectivity index is 1.49. The standard InChI is InChI=1S/C20H20FN7O/c1-11-17(15-4-3-7-27(15)2)24-16-10-22-19(18(21)28(11)16)25-20(29)12-5-6-14-13(8-12)9-23-26-14/h5-6,8-10,15H,3-4,7H2,1-2H3,(H,23,26)(H,25,29)/t15-/m1/s1. The van der Waals surface area contributed by atoms with E-state index in [1.54, 1.807) is 24.4 Å². The number of benzene rings is 1. The molecule has 3 aromatic heterocycles. The number of rotatable bonds is 3. The maximum atomic E-state index is 15.2. The number of halogens is 1. The summed E-state index contributed by atoms with van der Waals surface area (Å²) < 4.78 is 16.6. The Labute approximate surface area is 165 Å². The number of carbonyl (C=O) groups excluding carboxylic acids is 1. The Morgan fingerprint density at radius 3 is 3.00 bits per heavy atom. The molecule has 0 spiro atoms. The zero-order chi connectivity index (χ0) is 20.1. The number of fused-ring (bicyclic) bond motifs is 2. The van der Waals surface area contributed by atoms with Crippen LogP contribution in [0.2, 0.25) is 0 Å². The molecule has 5 rings (SSSR count). The van der Waals surface area contributed by atoms with E-state index in [1.807, 2.05) is 6.92 Å². The lowest BCUT2D eigenvalue weighted by molar-refractivity contribution is 0.102. The molecule has 2 N–H and O–H groups in total. The second-order valence-corrected chi connectivity index (χ2v) is 7.44. The quantitative estimate of drug-likeness (QED) is 0.558. The molecular weight excluding hydrogens is 373 g/mol. The maximum absolute atomic E-state index is 15.2. The fourth-order valence-electron chi connectivity index (χ4n) is 4.08. The number of hydrogen-bond acceptors (Lipinski definition) is 5. The monoisotopic (exact) mass is 393 g/mol. The molecule has 4 heterocycles. The van der Waals surface area contributed by atoms with Gasteiger partial charge in [-0.05, 0) is 51.6 Å². The molecule has 1 amide bonds. The molecule has 1 saturated heterocycles. The molecule has 1 aromatic carbocycles. The van der Waals surface area contributed by atoms with Gasteiger partial charge in [0, 0.05) is 16.6 Å². The topological polar surface area (TPSA) is 91.2 Å². The Bertz CT molecular complexity index is 1240. The van der Waals surface area contributed by atoms with Crippen molar-refractivity contribution in [2.75, 3.05) is 18.9 Å². The minimum atomic E-state index is -0.628. The Morgan fingerprint density at radius 1 is 1.34 bits per heavy atom. The highest BCUT2D eigenvalue weighted by molar-refractivity contribution is 6.05. The van der Waals surface area contributed by atoms with E-state index in [0.717, 1.165) is 41.7 Å². The van der Waals surface area contributed by atoms with Crippen molar-refractivity contribution in [3.63, 3.8) is 0 Å². The number of likely N-dealkylation sites (tertiary alicyclic amines) is 1. The highest BCUT2D eigenvalue weighted by Gasteiger charge is 2.28. The summed E-state index contributed by atoms with van der Waals surface area (Å²) in [6.45, 7) is 2.85. The van der Waals surface area contributed by atoms with Crippen molar-refractivity contribution in [1.29, 1.82) is 0 Å². The lowest BCUT2D eigenvalue weighted by Crippen LogP contribution is -2.18. The van der Waals surface area contributed by atoms with E-state index < -0.39 is 11.9 Å². The molecule has 1 atom stereocenters. The van der Waals surface area contributed by atoms with Gasteiger partial charge in [-0.25, -0.2) is 9.97 Å². The van der Waals surface area contributed by atoms with Gasteiger partial charge in [-0.2, -0.15) is 9.49 Å². The summed E-state index contributed by atoms with van der Waals surface area (Å²) in [5, 5.41) is 10.2. The Morgan fingerprint density at radius 2 is 2.21 bits per heavy atom. The van der Waals surface area contributed by atoms with Crippen molar-refractivity contribution >= 4 is 28.3 Å². The molecule has 1 aliphatic rings. The summed E-state index contributed by atoms with van der Waals surface area (Å²) in [5.41, 5.74) is 3.25. The third-order valence-electron chi connectivity index (χ3n) is 5.64. The van der Waals surface area contributed by atoms with E-state index in [4.69, 9.17) is 0 Å². The summed E-state index contributed by atoms with van der Waals surface area (Å²) in [5.74, 6) is -1.19. The molecule has 29 heavy (non-hydrogen) atoms. The number of amides is 1. The molecule has 9 heteroatoms. The van der Waals surface area contributed by atoms with Crippen LogP contribution in [0.1, 0.15) is 40.6 Å². The fourth-order valence-corrected chi connectivity index (χ4v) is 4.08. The molecule has 1 fully saturated rings. The number of aromatic amines is 1. The van der Waals surface area contributed by atoms with Crippen LogP contribution < -0.4 is 5.32 Å². The highest BCUT2D eigenvalue weighted by atomic mass is 19.1. The number of aromatic nitrogens is 5. The van der Waals surface area contributed by atoms with Gasteiger partial charge in [0.15, 0.2) is 11.5 Å². The van der Waals surface area contributed by atoms with Gasteiger partial charge >= 0.3 is 0 Å². The fraction of sp³-hybridized carbons (Fsp3) is 0.300. The van der Waals surface area contributed by atoms with Crippen LogP contribution in [-0.4, -0.2) is 49.0 Å². The molecule has 1 aliphatic heterocycles. The second kappa shape index (κ2) is 6.63. The molecule has 8 nitrogen and oxygen atoms in total. The molecule has 4 aromatic rings. The van der Waals surface area contributed by atoms with Crippen LogP contribution in [0.3, 0.4) is 0 Å². The van der Waals surface area contributed by atoms with Crippen molar-refractivity contribution < 1.29 is 9.18 Å². The molecule has 0 unspecified atom stereocenters. The Kier molecular flexibility index (Phi) is 4.06. The molecule has 0 bridgehead atoms. The minimum Gasteiger partial charge on any atom is -0.303 e. The van der Waals surface area contributed by atoms with Crippen LogP contribution >= 0.6 is 0 Å². The smallest absolute Gasteiger partial charge is 0.256 e. The predicted octanol–water partition coefficient (Wildman–Crippen LogP) is 3.07. The largest absolute Gasteiger partial charge is 0.303 e. The van der Waals surface area contributed by atoms with Gasteiger partial charge < -0.3 is 5.32 Å². The number of imidazole rings is 1. The number of nitrogens with zero attached hydrogens (tertiary/aromatic N) is 5. The van der Waals surface area contributed by atoms with E-state index in [9.17, 15) is 4.79 Å². The third kappa shape index (κ3) is 2.85. The highest BCUT2D eigenvalue weighted by Crippen LogP contribution is 2.32. The minimum absolute atomic E-state index is 0.124. The predicted molar refractivity (Wildman–Crippen MR) is 106 cm³/mol. The third-order valence-corrected chi connectivity index (χ3v) is 5.64. The lowest BCUT2D eigenvalue weighted by atomic mass is 10.1. The number of hydrogen-bond donors (Lipinski definition) is 2. The lowest BCUT2D eigenvalue weighted by Gasteiger charge is -2.17. The number of anilines is 1. The van der Waals surface area contributed by atoms with Gasteiger partial charge in [-0.15, -0.1) is 0 Å². The number of H-pyrrole nitrogens is 1. The van der Waals surface area contributed by atoms with Crippen molar-refractivity contribution in [2.45, 2.75) is 25.8 Å². The van der Waals surface area contributed by atoms with Gasteiger partial charge in [0.25, 0.3) is 5.91 Å². The SMILES string of the molecule is Cc1c([C@H]2CCCN2C)nc2cnc(NC(=O)c3ccc4[nH]ncc4c3)c(F)n12. The van der Waals surface area contributed by atoms with Gasteiger partial charge in [-0.1, -0.05) is 0 Å². The first-order valence-electron chi connectivity index (χ1n) is 9.51. The van der Waals surface area contributed by atoms with Gasteiger partial charge in [0.1, 0.15) is 0 Å². The van der Waals surface area contributed by atoms with E-state index in [0.29, 0.717) is 11.2 Å². The van der Waals surface area contributed by atoms with E-state index in [-0.39, 0.29) is 11.9 Å². The van der Waals surface area contributed by atoms with Gasteiger partial charge in [-0.3, -0.25) is 19.2 Å². The van der Waals surface area contributed by atoms with Crippen molar-refractivity contribution in [1.82, 2.24) is 29.5 Å². The summed E-state index contributed by atoms with van der Waals surface area (Å²) >= 11 is 0. The number of nitrogens with one attached hydrogen (secondary N) is 2. The first kappa shape index (κ1) is 17.7. The molecule has 148 valence electrons. The van der Waals surface area contributed by atoms with E-state index in [1.165, 1.54) is 10.6 Å². The number of carbonyl (C=O) groups is 1. The summed E-state index contributed by atoms with van der Waals surface area (Å²) in [7, 11) is 2.05. The maximum Gasteiger partial charge on any atom is 0.256 e. The molecule has 0 saturated carbocycles. The average Bonchev–Trinajstić information content (AvgIpc) is 3.42. The van der Waals surface area contributed by atoms with Crippen LogP contribution in [0.15, 0.2) is 30.6 Å². The van der Waals surface area contributed by atoms with Crippen molar-refractivity contribution in [3.8, 4) is 0 Å². The van der Waals surface area contributed by atoms with Crippen LogP contribution in [0.25, 0.3) is 16.6 Å². The van der Waals surface area contributed by atoms with Gasteiger partial charge in [0.2, 0.25) is 5.95 Å². The summed E-state index contributed by atoms with van der Waals surface area (Å²) in [6, 6.07) is 5.28. The van der Waals surface area contributed by atoms with Crippen LogP contribution in [0.5, 0.6) is 0 Å². The van der Waals surface area contributed by atoms with Crippen LogP contribution in [0, 0.1) is 12.9 Å². The zero-order valence-corrected chi connectivity index (χ0v) is 16.1. The van der Waals surface area contributed by atoms with E-state index >= 15 is 4.39 Å². The number of aryl methyl sites for hydroxylation is 1. The summed E-state index contributed by atoms with van der Waals surface area (Å²) in [4.78, 5) is 23.6. The van der Waals surface area contributed by atoms with Gasteiger partial charge in [0.05, 0.1) is 29.6 Å². The second-order valence-electron chi connectivity index (χ2n) is 7.44. The van der Waals surface area contributed by atoms with Crippen molar-refractivity contribution in [3.05, 3.63) is 53.5 Å². The van der Waals surface area contributed by atoms with E-state index in [2.05, 4.69) is 37.4 Å². The van der Waals surface area contributed by atoms with Crippen LogP contribution in [-0.2, 0) is 0 Å². The average molecular weight is 393 g/mol. The first-order chi connectivity index (χ1) is 14.0.